The maximum absolute atomic E-state index is 4.72. The van der Waals surface area contributed by atoms with Gasteiger partial charge in [0.25, 0.3) is 0 Å². The Morgan fingerprint density at radius 3 is 2.83 bits per heavy atom. The average Bonchev–Trinajstić information content (AvgIpc) is 3.26. The highest BCUT2D eigenvalue weighted by Gasteiger charge is 2.33. The van der Waals surface area contributed by atoms with Gasteiger partial charge in [-0.2, -0.15) is 0 Å². The Morgan fingerprint density at radius 2 is 2.09 bits per heavy atom. The van der Waals surface area contributed by atoms with Crippen molar-refractivity contribution in [3.63, 3.8) is 0 Å². The van der Waals surface area contributed by atoms with Crippen molar-refractivity contribution in [2.24, 2.45) is 10.9 Å². The van der Waals surface area contributed by atoms with Crippen molar-refractivity contribution in [3.05, 3.63) is 35.4 Å². The maximum Gasteiger partial charge on any atom is 0.191 e. The van der Waals surface area contributed by atoms with Crippen LogP contribution in [0.1, 0.15) is 37.8 Å². The molecule has 2 unspecified atom stereocenters. The molecule has 1 heterocycles. The van der Waals surface area contributed by atoms with E-state index in [9.17, 15) is 0 Å². The van der Waals surface area contributed by atoms with Gasteiger partial charge in [0.2, 0.25) is 0 Å². The van der Waals surface area contributed by atoms with E-state index in [1.807, 2.05) is 0 Å². The molecule has 2 aliphatic rings. The third kappa shape index (κ3) is 4.71. The molecular weight excluding hydrogens is 284 g/mol. The summed E-state index contributed by atoms with van der Waals surface area (Å²) in [7, 11) is 0. The minimum Gasteiger partial charge on any atom is -0.357 e. The Balaban J connectivity index is 1.41. The lowest BCUT2D eigenvalue weighted by Crippen LogP contribution is -2.39. The molecule has 126 valence electrons. The van der Waals surface area contributed by atoms with Gasteiger partial charge in [-0.1, -0.05) is 31.2 Å². The lowest BCUT2D eigenvalue weighted by molar-refractivity contribution is 0.252. The summed E-state index contributed by atoms with van der Waals surface area (Å²) in [6.45, 7) is 9.64. The van der Waals surface area contributed by atoms with Crippen molar-refractivity contribution in [3.8, 4) is 0 Å². The first-order chi connectivity index (χ1) is 11.3. The Bertz CT molecular complexity index is 540. The highest BCUT2D eigenvalue weighted by Crippen LogP contribution is 2.28. The molecule has 2 N–H and O–H groups in total. The van der Waals surface area contributed by atoms with Crippen LogP contribution in [0.25, 0.3) is 0 Å². The number of guanidine groups is 1. The van der Waals surface area contributed by atoms with Gasteiger partial charge < -0.3 is 10.6 Å². The number of aliphatic imine (C=N–C) groups is 1. The smallest absolute Gasteiger partial charge is 0.191 e. The minimum absolute atomic E-state index is 0.631. The molecule has 3 rings (SSSR count). The molecule has 2 atom stereocenters. The van der Waals surface area contributed by atoms with Gasteiger partial charge in [0.15, 0.2) is 5.96 Å². The van der Waals surface area contributed by atoms with E-state index < -0.39 is 0 Å². The number of fused-ring (bicyclic) bond motifs is 1. The van der Waals surface area contributed by atoms with E-state index in [4.69, 9.17) is 4.99 Å². The van der Waals surface area contributed by atoms with Crippen molar-refractivity contribution in [2.45, 2.75) is 45.7 Å². The van der Waals surface area contributed by atoms with Crippen LogP contribution in [0.4, 0.5) is 0 Å². The molecule has 0 spiro atoms. The lowest BCUT2D eigenvalue weighted by atomic mass is 10.00. The van der Waals surface area contributed by atoms with Gasteiger partial charge in [0, 0.05) is 38.8 Å². The predicted molar refractivity (Wildman–Crippen MR) is 96.7 cm³/mol. The second-order valence-corrected chi connectivity index (χ2v) is 6.87. The first-order valence-electron chi connectivity index (χ1n) is 9.10. The number of nitrogens with one attached hydrogen (secondary N) is 2. The summed E-state index contributed by atoms with van der Waals surface area (Å²) in [5.41, 5.74) is 3.03. The third-order valence-corrected chi connectivity index (χ3v) is 4.89. The number of benzene rings is 1. The zero-order valence-electron chi connectivity index (χ0n) is 14.5. The molecule has 1 saturated carbocycles. The van der Waals surface area contributed by atoms with Crippen LogP contribution in [0.15, 0.2) is 29.3 Å². The van der Waals surface area contributed by atoms with Crippen LogP contribution in [-0.2, 0) is 13.0 Å². The molecule has 23 heavy (non-hydrogen) atoms. The molecule has 4 heteroatoms. The van der Waals surface area contributed by atoms with Crippen molar-refractivity contribution < 1.29 is 0 Å². The Morgan fingerprint density at radius 1 is 1.30 bits per heavy atom. The van der Waals surface area contributed by atoms with Crippen LogP contribution >= 0.6 is 0 Å². The molecule has 1 aromatic rings. The van der Waals surface area contributed by atoms with E-state index in [2.05, 4.69) is 53.6 Å². The summed E-state index contributed by atoms with van der Waals surface area (Å²) in [4.78, 5) is 7.28. The molecule has 0 bridgehead atoms. The van der Waals surface area contributed by atoms with Crippen LogP contribution in [0.3, 0.4) is 0 Å². The van der Waals surface area contributed by atoms with Gasteiger partial charge >= 0.3 is 0 Å². The van der Waals surface area contributed by atoms with Crippen LogP contribution < -0.4 is 10.6 Å². The zero-order valence-corrected chi connectivity index (χ0v) is 14.5. The number of rotatable bonds is 6. The van der Waals surface area contributed by atoms with E-state index in [-0.39, 0.29) is 0 Å². The van der Waals surface area contributed by atoms with Gasteiger partial charge in [-0.25, -0.2) is 0 Å². The number of hydrogen-bond acceptors (Lipinski definition) is 2. The Labute approximate surface area is 140 Å². The van der Waals surface area contributed by atoms with E-state index >= 15 is 0 Å². The molecule has 4 nitrogen and oxygen atoms in total. The summed E-state index contributed by atoms with van der Waals surface area (Å²) >= 11 is 0. The van der Waals surface area contributed by atoms with Crippen LogP contribution in [-0.4, -0.2) is 43.1 Å². The second-order valence-electron chi connectivity index (χ2n) is 6.87. The summed E-state index contributed by atoms with van der Waals surface area (Å²) < 4.78 is 0. The van der Waals surface area contributed by atoms with E-state index in [0.29, 0.717) is 6.04 Å². The van der Waals surface area contributed by atoms with Gasteiger partial charge in [-0.15, -0.1) is 0 Å². The average molecular weight is 314 g/mol. The van der Waals surface area contributed by atoms with Gasteiger partial charge in [-0.3, -0.25) is 9.89 Å². The first-order valence-corrected chi connectivity index (χ1v) is 9.10. The quantitative estimate of drug-likeness (QED) is 0.481. The van der Waals surface area contributed by atoms with Crippen molar-refractivity contribution in [1.29, 1.82) is 0 Å². The highest BCUT2D eigenvalue weighted by molar-refractivity contribution is 5.80. The molecule has 0 aromatic heterocycles. The SMILES string of the molecule is CCNC(=NCCCN1CCc2ccccc2C1)NC1CC1C. The fraction of sp³-hybridized carbons (Fsp3) is 0.632. The molecule has 0 radical (unpaired) electrons. The fourth-order valence-corrected chi connectivity index (χ4v) is 3.25. The highest BCUT2D eigenvalue weighted by atomic mass is 15.2. The molecular formula is C19H30N4. The third-order valence-electron chi connectivity index (χ3n) is 4.89. The second kappa shape index (κ2) is 7.82. The monoisotopic (exact) mass is 314 g/mol. The predicted octanol–water partition coefficient (Wildman–Crippen LogP) is 2.40. The summed E-state index contributed by atoms with van der Waals surface area (Å²) in [6, 6.07) is 9.47. The first kappa shape index (κ1) is 16.3. The fourth-order valence-electron chi connectivity index (χ4n) is 3.25. The zero-order chi connectivity index (χ0) is 16.1. The van der Waals surface area contributed by atoms with Crippen molar-refractivity contribution in [1.82, 2.24) is 15.5 Å². The normalized spacial score (nSPS) is 24.2. The number of hydrogen-bond donors (Lipinski definition) is 2. The van der Waals surface area contributed by atoms with Crippen LogP contribution in [0.5, 0.6) is 0 Å². The largest absolute Gasteiger partial charge is 0.357 e. The standard InChI is InChI=1S/C19H30N4/c1-3-20-19(22-18-13-15(18)2)21-10-6-11-23-12-9-16-7-4-5-8-17(16)14-23/h4-5,7-8,15,18H,3,6,9-14H2,1-2H3,(H2,20,21,22). The molecule has 1 aliphatic carbocycles. The lowest BCUT2D eigenvalue weighted by Gasteiger charge is -2.28. The van der Waals surface area contributed by atoms with Crippen LogP contribution in [0, 0.1) is 5.92 Å². The molecule has 1 aromatic carbocycles. The molecule has 1 aliphatic heterocycles. The molecule has 0 saturated heterocycles. The van der Waals surface area contributed by atoms with Crippen molar-refractivity contribution >= 4 is 5.96 Å². The topological polar surface area (TPSA) is 39.7 Å². The summed E-state index contributed by atoms with van der Waals surface area (Å²) in [6.07, 6.45) is 3.58. The Hall–Kier alpha value is -1.55. The van der Waals surface area contributed by atoms with E-state index in [0.717, 1.165) is 44.5 Å². The molecule has 0 amide bonds. The van der Waals surface area contributed by atoms with Crippen molar-refractivity contribution in [2.75, 3.05) is 26.2 Å². The maximum atomic E-state index is 4.72. The minimum atomic E-state index is 0.631. The molecule has 1 fully saturated rings. The summed E-state index contributed by atoms with van der Waals surface area (Å²) in [5, 5.41) is 6.87. The van der Waals surface area contributed by atoms with E-state index in [1.54, 1.807) is 0 Å². The van der Waals surface area contributed by atoms with Gasteiger partial charge in [-0.05, 0) is 43.2 Å². The van der Waals surface area contributed by atoms with Crippen LogP contribution in [0.2, 0.25) is 0 Å². The summed E-state index contributed by atoms with van der Waals surface area (Å²) in [5.74, 6) is 1.79. The van der Waals surface area contributed by atoms with E-state index in [1.165, 1.54) is 30.5 Å². The van der Waals surface area contributed by atoms with Gasteiger partial charge in [0.05, 0.1) is 0 Å². The van der Waals surface area contributed by atoms with Gasteiger partial charge in [0.1, 0.15) is 0 Å². The number of nitrogens with zero attached hydrogens (tertiary/aromatic N) is 2. The Kier molecular flexibility index (Phi) is 5.55.